The number of hydrogen-bond acceptors (Lipinski definition) is 5. The van der Waals surface area contributed by atoms with E-state index in [1.807, 2.05) is 6.92 Å². The number of Topliss-reactive ketones (excluding diaryl/α,β-unsaturated/α-hetero) is 1. The summed E-state index contributed by atoms with van der Waals surface area (Å²) in [6.07, 6.45) is 4.24. The van der Waals surface area contributed by atoms with Crippen molar-refractivity contribution >= 4 is 5.78 Å². The van der Waals surface area contributed by atoms with Crippen LogP contribution in [-0.4, -0.2) is 20.7 Å². The van der Waals surface area contributed by atoms with E-state index in [2.05, 4.69) is 15.0 Å². The van der Waals surface area contributed by atoms with Gasteiger partial charge in [-0.15, -0.1) is 0 Å². The Morgan fingerprint density at radius 1 is 1.04 bits per heavy atom. The van der Waals surface area contributed by atoms with Gasteiger partial charge in [0.05, 0.1) is 24.5 Å². The lowest BCUT2D eigenvalue weighted by Crippen LogP contribution is -2.09. The third kappa shape index (κ3) is 4.44. The van der Waals surface area contributed by atoms with Gasteiger partial charge in [-0.2, -0.15) is 0 Å². The third-order valence-electron chi connectivity index (χ3n) is 3.54. The second-order valence-corrected chi connectivity index (χ2v) is 5.54. The van der Waals surface area contributed by atoms with E-state index in [0.29, 0.717) is 23.6 Å². The average Bonchev–Trinajstić information content (AvgIpc) is 2.61. The molecule has 0 spiro atoms. The molecule has 3 heterocycles. The van der Waals surface area contributed by atoms with Gasteiger partial charge in [0.15, 0.2) is 5.78 Å². The average molecular weight is 355 g/mol. The van der Waals surface area contributed by atoms with Crippen molar-refractivity contribution in [1.29, 1.82) is 0 Å². The Labute approximate surface area is 148 Å². The number of nitrogens with zero attached hydrogens (tertiary/aromatic N) is 3. The Bertz CT molecular complexity index is 948. The minimum Gasteiger partial charge on any atom is -0.455 e. The lowest BCUT2D eigenvalue weighted by Gasteiger charge is -2.09. The fraction of sp³-hybridized carbons (Fsp3) is 0.158. The molecule has 7 heteroatoms. The van der Waals surface area contributed by atoms with Crippen LogP contribution in [0.5, 0.6) is 11.5 Å². The van der Waals surface area contributed by atoms with Gasteiger partial charge < -0.3 is 4.74 Å². The van der Waals surface area contributed by atoms with Gasteiger partial charge in [0.2, 0.25) is 0 Å². The fourth-order valence-electron chi connectivity index (χ4n) is 2.33. The van der Waals surface area contributed by atoms with Crippen molar-refractivity contribution in [3.05, 3.63) is 77.6 Å². The fourth-order valence-corrected chi connectivity index (χ4v) is 2.33. The molecular formula is C19H15F2N3O2. The highest BCUT2D eigenvalue weighted by Gasteiger charge is 2.14. The maximum absolute atomic E-state index is 13.3. The maximum atomic E-state index is 13.3. The zero-order chi connectivity index (χ0) is 18.5. The van der Waals surface area contributed by atoms with E-state index in [-0.39, 0.29) is 23.6 Å². The van der Waals surface area contributed by atoms with Crippen LogP contribution in [-0.2, 0) is 12.8 Å². The van der Waals surface area contributed by atoms with E-state index in [1.54, 1.807) is 6.07 Å². The number of pyridine rings is 3. The van der Waals surface area contributed by atoms with E-state index in [9.17, 15) is 13.6 Å². The molecule has 0 unspecified atom stereocenters. The number of aromatic nitrogens is 3. The molecule has 0 saturated heterocycles. The highest BCUT2D eigenvalue weighted by molar-refractivity contribution is 5.95. The summed E-state index contributed by atoms with van der Waals surface area (Å²) in [5.41, 5.74) is 1.13. The van der Waals surface area contributed by atoms with Crippen LogP contribution < -0.4 is 4.74 Å². The number of carbonyl (C=O) groups is 1. The van der Waals surface area contributed by atoms with Crippen LogP contribution in [0.2, 0.25) is 0 Å². The summed E-state index contributed by atoms with van der Waals surface area (Å²) in [6.45, 7) is 1.89. The Balaban J connectivity index is 1.85. The molecule has 5 nitrogen and oxygen atoms in total. The van der Waals surface area contributed by atoms with Crippen molar-refractivity contribution in [2.24, 2.45) is 0 Å². The lowest BCUT2D eigenvalue weighted by atomic mass is 10.1. The van der Waals surface area contributed by atoms with Gasteiger partial charge in [-0.1, -0.05) is 6.92 Å². The molecule has 0 fully saturated rings. The van der Waals surface area contributed by atoms with Gasteiger partial charge in [-0.25, -0.2) is 13.8 Å². The van der Waals surface area contributed by atoms with Crippen LogP contribution >= 0.6 is 0 Å². The number of aryl methyl sites for hydroxylation is 1. The van der Waals surface area contributed by atoms with Crippen molar-refractivity contribution in [3.63, 3.8) is 0 Å². The summed E-state index contributed by atoms with van der Waals surface area (Å²) in [5, 5.41) is 0. The molecule has 0 bridgehead atoms. The molecule has 0 saturated carbocycles. The lowest BCUT2D eigenvalue weighted by molar-refractivity contribution is 0.0986. The first-order valence-electron chi connectivity index (χ1n) is 7.96. The first-order valence-corrected chi connectivity index (χ1v) is 7.96. The normalized spacial score (nSPS) is 10.6. The standard InChI is InChI=1S/C19H15F2N3O2/c1-2-14-7-16(26-17-6-13(21)10-22-11-17)9-18(24-14)19(25)8-15-5-12(20)3-4-23-15/h3-7,9-11H,2,8H2,1H3. The SMILES string of the molecule is CCc1cc(Oc2cncc(F)c2)cc(C(=O)Cc2cc(F)ccn2)n1. The molecule has 3 rings (SSSR count). The summed E-state index contributed by atoms with van der Waals surface area (Å²) in [4.78, 5) is 24.5. The van der Waals surface area contributed by atoms with Gasteiger partial charge in [0, 0.05) is 30.1 Å². The monoisotopic (exact) mass is 355 g/mol. The summed E-state index contributed by atoms with van der Waals surface area (Å²) >= 11 is 0. The Kier molecular flexibility index (Phi) is 5.26. The van der Waals surface area contributed by atoms with Gasteiger partial charge in [0.25, 0.3) is 0 Å². The molecule has 0 N–H and O–H groups in total. The van der Waals surface area contributed by atoms with Crippen LogP contribution in [0.3, 0.4) is 0 Å². The number of ketones is 1. The largest absolute Gasteiger partial charge is 0.455 e. The van der Waals surface area contributed by atoms with Crippen molar-refractivity contribution in [2.75, 3.05) is 0 Å². The summed E-state index contributed by atoms with van der Waals surface area (Å²) < 4.78 is 32.1. The number of halogens is 2. The second kappa shape index (κ2) is 7.77. The Morgan fingerprint density at radius 3 is 2.62 bits per heavy atom. The number of hydrogen-bond donors (Lipinski definition) is 0. The quantitative estimate of drug-likeness (QED) is 0.627. The first kappa shape index (κ1) is 17.6. The highest BCUT2D eigenvalue weighted by Crippen LogP contribution is 2.23. The predicted molar refractivity (Wildman–Crippen MR) is 90.1 cm³/mol. The van der Waals surface area contributed by atoms with E-state index < -0.39 is 11.6 Å². The van der Waals surface area contributed by atoms with Gasteiger partial charge in [-0.05, 0) is 18.6 Å². The van der Waals surface area contributed by atoms with Crippen LogP contribution in [0, 0.1) is 11.6 Å². The van der Waals surface area contributed by atoms with Crippen LogP contribution in [0.1, 0.15) is 28.8 Å². The molecule has 0 aliphatic rings. The molecule has 3 aromatic heterocycles. The summed E-state index contributed by atoms with van der Waals surface area (Å²) in [7, 11) is 0. The molecule has 0 aliphatic heterocycles. The van der Waals surface area contributed by atoms with Gasteiger partial charge >= 0.3 is 0 Å². The molecule has 132 valence electrons. The topological polar surface area (TPSA) is 65.0 Å². The zero-order valence-corrected chi connectivity index (χ0v) is 13.9. The van der Waals surface area contributed by atoms with Gasteiger partial charge in [-0.3, -0.25) is 14.8 Å². The first-order chi connectivity index (χ1) is 12.5. The van der Waals surface area contributed by atoms with E-state index in [0.717, 1.165) is 6.20 Å². The second-order valence-electron chi connectivity index (χ2n) is 5.54. The number of carbonyl (C=O) groups excluding carboxylic acids is 1. The number of ether oxygens (including phenoxy) is 1. The van der Waals surface area contributed by atoms with Crippen LogP contribution in [0.4, 0.5) is 8.78 Å². The molecule has 0 aliphatic carbocycles. The van der Waals surface area contributed by atoms with Crippen LogP contribution in [0.25, 0.3) is 0 Å². The summed E-state index contributed by atoms with van der Waals surface area (Å²) in [5.74, 6) is -0.745. The Morgan fingerprint density at radius 2 is 1.88 bits per heavy atom. The third-order valence-corrected chi connectivity index (χ3v) is 3.54. The molecule has 3 aromatic rings. The van der Waals surface area contributed by atoms with Crippen LogP contribution in [0.15, 0.2) is 48.9 Å². The highest BCUT2D eigenvalue weighted by atomic mass is 19.1. The molecule has 0 atom stereocenters. The minimum absolute atomic E-state index is 0.0844. The predicted octanol–water partition coefficient (Wildman–Crippen LogP) is 3.93. The Hall–Kier alpha value is -3.22. The van der Waals surface area contributed by atoms with E-state index in [4.69, 9.17) is 4.74 Å². The van der Waals surface area contributed by atoms with E-state index >= 15 is 0 Å². The van der Waals surface area contributed by atoms with E-state index in [1.165, 1.54) is 36.7 Å². The molecule has 0 radical (unpaired) electrons. The number of rotatable bonds is 6. The smallest absolute Gasteiger partial charge is 0.187 e. The molecule has 0 aromatic carbocycles. The maximum Gasteiger partial charge on any atom is 0.187 e. The minimum atomic E-state index is -0.527. The van der Waals surface area contributed by atoms with Gasteiger partial charge in [0.1, 0.15) is 28.8 Å². The van der Waals surface area contributed by atoms with Crippen molar-refractivity contribution in [2.45, 2.75) is 19.8 Å². The van der Waals surface area contributed by atoms with Crippen molar-refractivity contribution < 1.29 is 18.3 Å². The van der Waals surface area contributed by atoms with Crippen molar-refractivity contribution in [1.82, 2.24) is 15.0 Å². The molecule has 26 heavy (non-hydrogen) atoms. The van der Waals surface area contributed by atoms with Crippen molar-refractivity contribution in [3.8, 4) is 11.5 Å². The summed E-state index contributed by atoms with van der Waals surface area (Å²) in [6, 6.07) is 6.74. The molecular weight excluding hydrogens is 340 g/mol. The zero-order valence-electron chi connectivity index (χ0n) is 13.9. The molecule has 0 amide bonds.